The van der Waals surface area contributed by atoms with Crippen molar-refractivity contribution in [3.8, 4) is 0 Å². The number of methoxy groups -OCH3 is 2. The fraction of sp³-hybridized carbons (Fsp3) is 0.623. The smallest absolute Gasteiger partial charge is 0.410 e. The van der Waals surface area contributed by atoms with Gasteiger partial charge >= 0.3 is 18.1 Å². The van der Waals surface area contributed by atoms with E-state index in [9.17, 15) is 62.6 Å². The summed E-state index contributed by atoms with van der Waals surface area (Å²) in [5, 5.41) is 23.7. The van der Waals surface area contributed by atoms with Crippen molar-refractivity contribution in [3.63, 3.8) is 0 Å². The fourth-order valence-corrected chi connectivity index (χ4v) is 12.5. The van der Waals surface area contributed by atoms with Crippen LogP contribution >= 0.6 is 0 Å². The molecule has 1 saturated heterocycles. The van der Waals surface area contributed by atoms with Crippen molar-refractivity contribution in [2.75, 3.05) is 60.3 Å². The van der Waals surface area contributed by atoms with E-state index in [1.807, 2.05) is 19.9 Å². The van der Waals surface area contributed by atoms with Gasteiger partial charge in [0.1, 0.15) is 36.8 Å². The number of likely N-dealkylation sites (tertiary alicyclic amines) is 1. The number of benzene rings is 2. The third-order valence-corrected chi connectivity index (χ3v) is 18.1. The van der Waals surface area contributed by atoms with Gasteiger partial charge in [-0.3, -0.25) is 53.0 Å². The van der Waals surface area contributed by atoms with Crippen molar-refractivity contribution in [2.45, 2.75) is 194 Å². The molecule has 0 radical (unpaired) electrons. The molecule has 11 atom stereocenters. The lowest BCUT2D eigenvalue weighted by atomic mass is 9.89. The van der Waals surface area contributed by atoms with Crippen molar-refractivity contribution in [1.82, 2.24) is 45.8 Å². The summed E-state index contributed by atoms with van der Waals surface area (Å²) in [5.41, 5.74) is 6.85. The minimum absolute atomic E-state index is 0.0752. The second kappa shape index (κ2) is 38.9. The Morgan fingerprint density at radius 2 is 1.29 bits per heavy atom. The number of anilines is 1. The van der Waals surface area contributed by atoms with Gasteiger partial charge < -0.3 is 66.3 Å². The third kappa shape index (κ3) is 23.1. The van der Waals surface area contributed by atoms with E-state index in [1.165, 1.54) is 50.3 Å². The van der Waals surface area contributed by atoms with Crippen LogP contribution in [0.3, 0.4) is 0 Å². The molecule has 2 aliphatic heterocycles. The minimum atomic E-state index is -1.19. The quantitative estimate of drug-likeness (QED) is 0.0342. The molecule has 27 heteroatoms. The van der Waals surface area contributed by atoms with E-state index in [1.54, 1.807) is 109 Å². The summed E-state index contributed by atoms with van der Waals surface area (Å²) in [7, 11) is 7.48. The van der Waals surface area contributed by atoms with E-state index in [-0.39, 0.29) is 87.3 Å². The maximum atomic E-state index is 14.8. The molecule has 0 aliphatic carbocycles. The number of nitrogens with two attached hydrogens (primary N) is 1. The van der Waals surface area contributed by atoms with Gasteiger partial charge in [0.05, 0.1) is 36.6 Å². The fourth-order valence-electron chi connectivity index (χ4n) is 12.5. The molecule has 2 aliphatic rings. The molecule has 4 rings (SSSR count). The van der Waals surface area contributed by atoms with E-state index in [0.717, 1.165) is 15.4 Å². The molecule has 8 N–H and O–H groups in total. The van der Waals surface area contributed by atoms with Crippen LogP contribution in [0.4, 0.5) is 15.3 Å². The summed E-state index contributed by atoms with van der Waals surface area (Å²) >= 11 is 0. The Morgan fingerprint density at radius 3 is 1.85 bits per heavy atom. The predicted molar refractivity (Wildman–Crippen MR) is 359 cm³/mol. The molecule has 12 amide bonds. The summed E-state index contributed by atoms with van der Waals surface area (Å²) < 4.78 is 17.7. The van der Waals surface area contributed by atoms with Gasteiger partial charge in [-0.05, 0) is 85.5 Å². The number of primary amides is 1. The summed E-state index contributed by atoms with van der Waals surface area (Å²) in [5.74, 6) is -7.59. The summed E-state index contributed by atoms with van der Waals surface area (Å²) in [4.78, 5) is 167. The Hall–Kier alpha value is -8.46. The Balaban J connectivity index is 1.39. The zero-order chi connectivity index (χ0) is 71.7. The Kier molecular flexibility index (Phi) is 32.4. The van der Waals surface area contributed by atoms with E-state index < -0.39 is 120 Å². The molecular weight excluding hydrogens is 1240 g/mol. The van der Waals surface area contributed by atoms with E-state index >= 15 is 0 Å². The molecule has 0 bridgehead atoms. The average Bonchev–Trinajstić information content (AvgIpc) is 1.25. The molecule has 1 fully saturated rings. The summed E-state index contributed by atoms with van der Waals surface area (Å²) in [6.45, 7) is 16.7. The number of urea groups is 1. The number of carboxylic acids is 1. The number of imide groups is 1. The molecule has 0 spiro atoms. The number of ether oxygens (including phenoxy) is 3. The number of hydrogen-bond acceptors (Lipinski definition) is 15. The molecule has 2 unspecified atom stereocenters. The maximum absolute atomic E-state index is 14.8. The third-order valence-electron chi connectivity index (χ3n) is 18.1. The molecule has 0 aromatic heterocycles. The monoisotopic (exact) mass is 1340 g/mol. The zero-order valence-corrected chi connectivity index (χ0v) is 58.4. The normalized spacial score (nSPS) is 16.9. The highest BCUT2D eigenvalue weighted by Crippen LogP contribution is 2.30. The van der Waals surface area contributed by atoms with Crippen LogP contribution in [-0.4, -0.2) is 210 Å². The van der Waals surface area contributed by atoms with Gasteiger partial charge in [0, 0.05) is 85.7 Å². The van der Waals surface area contributed by atoms with E-state index in [0.29, 0.717) is 56.3 Å². The van der Waals surface area contributed by atoms with Crippen LogP contribution in [0, 0.1) is 29.6 Å². The predicted octanol–water partition coefficient (Wildman–Crippen LogP) is 4.99. The first-order valence-electron chi connectivity index (χ1n) is 33.3. The molecular formula is C69H105N11O16. The highest BCUT2D eigenvalue weighted by atomic mass is 16.6. The van der Waals surface area contributed by atoms with E-state index in [4.69, 9.17) is 19.9 Å². The number of carbonyl (C=O) groups is 12. The minimum Gasteiger partial charge on any atom is -0.480 e. The lowest BCUT2D eigenvalue weighted by Gasteiger charge is -2.41. The lowest BCUT2D eigenvalue weighted by Crippen LogP contribution is -2.60. The van der Waals surface area contributed by atoms with Gasteiger partial charge in [-0.15, -0.1) is 0 Å². The highest BCUT2D eigenvalue weighted by Gasteiger charge is 2.44. The van der Waals surface area contributed by atoms with Crippen LogP contribution in [0.25, 0.3) is 0 Å². The van der Waals surface area contributed by atoms with Gasteiger partial charge in [0.15, 0.2) is 0 Å². The van der Waals surface area contributed by atoms with Crippen LogP contribution in [0.15, 0.2) is 66.7 Å². The van der Waals surface area contributed by atoms with Gasteiger partial charge in [-0.2, -0.15) is 0 Å². The number of nitrogens with one attached hydrogen (secondary N) is 5. The Bertz CT molecular complexity index is 2980. The number of nitrogens with zero attached hydrogens (tertiary/aromatic N) is 5. The van der Waals surface area contributed by atoms with Crippen LogP contribution in [0.1, 0.15) is 138 Å². The number of carbonyl (C=O) groups excluding carboxylic acids is 11. The topological polar surface area (TPSA) is 355 Å². The maximum Gasteiger partial charge on any atom is 0.410 e. The van der Waals surface area contributed by atoms with E-state index in [2.05, 4.69) is 26.6 Å². The van der Waals surface area contributed by atoms with Gasteiger partial charge in [0.2, 0.25) is 41.4 Å². The van der Waals surface area contributed by atoms with Crippen molar-refractivity contribution >= 4 is 76.9 Å². The standard InChI is InChI=1S/C69H105N11O16/c1-15-44(8)60(52(94-13)39-56(84)79-37-23-27-51(79)61(95-14)45(9)62(85)74-50(67(90)91)38-46-24-18-16-19-25-46)77(11)66(89)57(41(2)3)75-65(88)59(43(6)7)78(12)69(93)96-40-47-29-31-48(32-30-47)72-63(86)49(26-22-35-71-68(70)92)73-64(87)58(42(4)5)76(10)53(81)28-20-17-21-36-80-54(82)33-34-55(80)83/h16,18-19,24-25,29-34,41-45,49-52,57-61H,15,17,20-23,26-28,35-40H2,1-14H3,(H,72,86)(H,73,87)(H,74,85)(H,75,88)(H,90,91)(H3,70,71,92)/t44-,45+,49-,50?,51-,52+,57-,58?,59-,60-,61+/m0/s1. The van der Waals surface area contributed by atoms with Crippen molar-refractivity contribution in [2.24, 2.45) is 35.3 Å². The van der Waals surface area contributed by atoms with Crippen molar-refractivity contribution < 1.29 is 76.9 Å². The molecule has 2 heterocycles. The number of hydrogen-bond donors (Lipinski definition) is 7. The molecule has 2 aromatic rings. The summed E-state index contributed by atoms with van der Waals surface area (Å²) in [6, 6.07) is 7.94. The molecule has 532 valence electrons. The SMILES string of the molecule is CC[C@H](C)[C@@H]([C@@H](CC(=O)N1CCC[C@H]1[C@H](OC)[C@@H](C)C(=O)NC(Cc1ccccc1)C(=O)O)OC)N(C)C(=O)[C@@H](NC(=O)[C@H](C(C)C)N(C)C(=O)OCc1ccc(NC(=O)[C@H](CCCNC(N)=O)NC(=O)C(C(C)C)N(C)C(=O)CCCCCN2C(=O)C=CC2=O)cc1)C(C)C. The number of amides is 12. The number of rotatable bonds is 39. The van der Waals surface area contributed by atoms with Gasteiger partial charge in [-0.1, -0.05) is 118 Å². The second-order valence-electron chi connectivity index (χ2n) is 26.1. The Morgan fingerprint density at radius 1 is 0.688 bits per heavy atom. The van der Waals surface area contributed by atoms with Crippen LogP contribution < -0.4 is 32.3 Å². The van der Waals surface area contributed by atoms with Crippen LogP contribution in [-0.2, 0) is 75.2 Å². The number of aliphatic carboxylic acids is 1. The summed E-state index contributed by atoms with van der Waals surface area (Å²) in [6.07, 6.45) is 3.64. The van der Waals surface area contributed by atoms with Crippen molar-refractivity contribution in [1.29, 1.82) is 0 Å². The van der Waals surface area contributed by atoms with Crippen molar-refractivity contribution in [3.05, 3.63) is 77.9 Å². The first kappa shape index (κ1) is 80.0. The van der Waals surface area contributed by atoms with Crippen LogP contribution in [0.2, 0.25) is 0 Å². The first-order valence-corrected chi connectivity index (χ1v) is 33.3. The lowest BCUT2D eigenvalue weighted by molar-refractivity contribution is -0.148. The Labute approximate surface area is 565 Å². The van der Waals surface area contributed by atoms with Gasteiger partial charge in [0.25, 0.3) is 11.8 Å². The molecule has 0 saturated carbocycles. The zero-order valence-electron chi connectivity index (χ0n) is 58.4. The molecule has 96 heavy (non-hydrogen) atoms. The molecule has 27 nitrogen and oxygen atoms in total. The number of likely N-dealkylation sites (N-methyl/N-ethyl adjacent to an activating group) is 3. The highest BCUT2D eigenvalue weighted by molar-refractivity contribution is 6.12. The largest absolute Gasteiger partial charge is 0.480 e. The second-order valence-corrected chi connectivity index (χ2v) is 26.1. The van der Waals surface area contributed by atoms with Crippen LogP contribution in [0.5, 0.6) is 0 Å². The first-order chi connectivity index (χ1) is 45.4. The van der Waals surface area contributed by atoms with Gasteiger partial charge in [-0.25, -0.2) is 14.4 Å². The number of unbranched alkanes of at least 4 members (excludes halogenated alkanes) is 2. The molecule has 2 aromatic carbocycles. The average molecular weight is 1340 g/mol. The number of carboxylic acid groups (broad SMARTS) is 1.